The first-order chi connectivity index (χ1) is 17.4. The number of rotatable bonds is 3. The van der Waals surface area contributed by atoms with Crippen LogP contribution in [-0.4, -0.2) is 25.7 Å². The van der Waals surface area contributed by atoms with E-state index in [1.807, 2.05) is 55.3 Å². The van der Waals surface area contributed by atoms with Gasteiger partial charge in [0.2, 0.25) is 0 Å². The number of fused-ring (bicyclic) bond motifs is 6. The fourth-order valence-electron chi connectivity index (χ4n) is 5.22. The lowest BCUT2D eigenvalue weighted by Crippen LogP contribution is -2.21. The van der Waals surface area contributed by atoms with Crippen LogP contribution in [0.1, 0.15) is 23.1 Å². The molecule has 5 heteroatoms. The lowest BCUT2D eigenvalue weighted by molar-refractivity contribution is 0.714. The number of imidazole rings is 1. The number of hydrogen-bond donors (Lipinski definition) is 0. The Morgan fingerprint density at radius 1 is 0.743 bits per heavy atom. The molecule has 2 aromatic carbocycles. The molecule has 1 aliphatic carbocycles. The third-order valence-electron chi connectivity index (χ3n) is 6.83. The third kappa shape index (κ3) is 3.16. The number of allylic oxidation sites excluding steroid dienone is 1. The molecule has 2 aliphatic rings. The molecule has 0 bridgehead atoms. The van der Waals surface area contributed by atoms with Crippen molar-refractivity contribution in [2.45, 2.75) is 11.8 Å². The van der Waals surface area contributed by atoms with Gasteiger partial charge < -0.3 is 0 Å². The number of aliphatic imine (C=N–C) groups is 1. The monoisotopic (exact) mass is 451 g/mol. The van der Waals surface area contributed by atoms with Crippen LogP contribution in [0, 0.1) is 0 Å². The van der Waals surface area contributed by atoms with Crippen LogP contribution < -0.4 is 0 Å². The second kappa shape index (κ2) is 7.99. The molecule has 0 saturated heterocycles. The van der Waals surface area contributed by atoms with Gasteiger partial charge in [0.1, 0.15) is 5.82 Å². The van der Waals surface area contributed by atoms with Crippen LogP contribution in [0.5, 0.6) is 0 Å². The summed E-state index contributed by atoms with van der Waals surface area (Å²) in [4.78, 5) is 18.7. The molecule has 1 aliphatic heterocycles. The van der Waals surface area contributed by atoms with Crippen LogP contribution in [0.4, 0.5) is 0 Å². The number of benzene rings is 2. The van der Waals surface area contributed by atoms with Crippen molar-refractivity contribution in [3.63, 3.8) is 0 Å². The molecule has 0 spiro atoms. The molecule has 5 aromatic rings. The highest BCUT2D eigenvalue weighted by molar-refractivity contribution is 5.84. The van der Waals surface area contributed by atoms with Gasteiger partial charge in [-0.15, -0.1) is 0 Å². The van der Waals surface area contributed by atoms with Crippen molar-refractivity contribution < 1.29 is 0 Å². The van der Waals surface area contributed by atoms with Crippen molar-refractivity contribution in [3.8, 4) is 39.6 Å². The third-order valence-corrected chi connectivity index (χ3v) is 6.83. The Kier molecular flexibility index (Phi) is 4.52. The minimum atomic E-state index is 0.125. The second-order valence-electron chi connectivity index (χ2n) is 8.79. The van der Waals surface area contributed by atoms with Crippen molar-refractivity contribution in [2.75, 3.05) is 0 Å². The summed E-state index contributed by atoms with van der Waals surface area (Å²) in [6.07, 6.45) is 11.8. The zero-order valence-corrected chi connectivity index (χ0v) is 18.9. The molecule has 0 fully saturated rings. The molecule has 2 unspecified atom stereocenters. The summed E-state index contributed by atoms with van der Waals surface area (Å²) < 4.78 is 2.32. The van der Waals surface area contributed by atoms with Crippen LogP contribution in [0.25, 0.3) is 39.6 Å². The van der Waals surface area contributed by atoms with Crippen molar-refractivity contribution >= 4 is 6.21 Å². The molecule has 0 saturated carbocycles. The Labute approximate surface area is 203 Å². The smallest absolute Gasteiger partial charge is 0.145 e. The molecule has 7 rings (SSSR count). The van der Waals surface area contributed by atoms with Crippen LogP contribution in [0.15, 0.2) is 115 Å². The van der Waals surface area contributed by atoms with E-state index in [9.17, 15) is 0 Å². The summed E-state index contributed by atoms with van der Waals surface area (Å²) in [6.45, 7) is 0. The summed E-state index contributed by atoms with van der Waals surface area (Å²) in [5.41, 5.74) is 8.69. The van der Waals surface area contributed by atoms with Gasteiger partial charge in [0, 0.05) is 65.2 Å². The maximum Gasteiger partial charge on any atom is 0.145 e. The van der Waals surface area contributed by atoms with Crippen molar-refractivity contribution in [1.82, 2.24) is 19.5 Å². The van der Waals surface area contributed by atoms with Gasteiger partial charge in [-0.25, -0.2) is 4.98 Å². The molecule has 2 atom stereocenters. The zero-order chi connectivity index (χ0) is 23.2. The molecule has 166 valence electrons. The molecule has 0 N–H and O–H groups in total. The van der Waals surface area contributed by atoms with E-state index in [4.69, 9.17) is 4.98 Å². The highest BCUT2D eigenvalue weighted by Crippen LogP contribution is 2.49. The maximum absolute atomic E-state index is 5.25. The van der Waals surface area contributed by atoms with Gasteiger partial charge in [0.25, 0.3) is 0 Å². The first kappa shape index (κ1) is 19.8. The standard InChI is InChI=1S/C30H21N5/c1-2-6-21(7-3-1)30-34-28-23-13-16-31-18-25(23)26-19-32-17-14-24(26)29(28)35(30)22-11-9-20(10-12-22)27-8-4-5-15-33-27/h1-19,24,26H. The molecule has 35 heavy (non-hydrogen) atoms. The summed E-state index contributed by atoms with van der Waals surface area (Å²) in [5.74, 6) is 1.18. The van der Waals surface area contributed by atoms with Crippen molar-refractivity contribution in [1.29, 1.82) is 0 Å². The molecule has 3 aromatic heterocycles. The molecule has 0 amide bonds. The minimum absolute atomic E-state index is 0.125. The van der Waals surface area contributed by atoms with Gasteiger partial charge in [-0.05, 0) is 35.9 Å². The Balaban J connectivity index is 1.48. The minimum Gasteiger partial charge on any atom is -0.295 e. The van der Waals surface area contributed by atoms with Gasteiger partial charge in [-0.3, -0.25) is 19.5 Å². The lowest BCUT2D eigenvalue weighted by atomic mass is 9.76. The average molecular weight is 452 g/mol. The van der Waals surface area contributed by atoms with Crippen LogP contribution in [-0.2, 0) is 0 Å². The van der Waals surface area contributed by atoms with Gasteiger partial charge in [0.15, 0.2) is 0 Å². The number of aromatic nitrogens is 4. The van der Waals surface area contributed by atoms with Gasteiger partial charge in [0.05, 0.1) is 17.1 Å². The second-order valence-corrected chi connectivity index (χ2v) is 8.79. The van der Waals surface area contributed by atoms with E-state index >= 15 is 0 Å². The lowest BCUT2D eigenvalue weighted by Gasteiger charge is -2.31. The Hall–Kier alpha value is -4.64. The SMILES string of the molecule is C1=CC2c3c(nc(-c4ccccc4)n3-c3ccc(-c4ccccn4)cc3)-c3ccncc3C2C=N1. The Bertz CT molecular complexity index is 1580. The largest absolute Gasteiger partial charge is 0.295 e. The van der Waals surface area contributed by atoms with E-state index in [-0.39, 0.29) is 11.8 Å². The highest BCUT2D eigenvalue weighted by atomic mass is 15.1. The first-order valence-electron chi connectivity index (χ1n) is 11.7. The molecular weight excluding hydrogens is 430 g/mol. The van der Waals surface area contributed by atoms with E-state index < -0.39 is 0 Å². The summed E-state index contributed by atoms with van der Waals surface area (Å²) in [5, 5.41) is 0. The van der Waals surface area contributed by atoms with Crippen molar-refractivity contribution in [3.05, 3.63) is 121 Å². The van der Waals surface area contributed by atoms with Gasteiger partial charge in [-0.1, -0.05) is 54.6 Å². The Morgan fingerprint density at radius 2 is 1.60 bits per heavy atom. The highest BCUT2D eigenvalue weighted by Gasteiger charge is 2.38. The summed E-state index contributed by atoms with van der Waals surface area (Å²) >= 11 is 0. The first-order valence-corrected chi connectivity index (χ1v) is 11.7. The van der Waals surface area contributed by atoms with E-state index in [1.54, 1.807) is 0 Å². The number of pyridine rings is 2. The van der Waals surface area contributed by atoms with Crippen molar-refractivity contribution in [2.24, 2.45) is 4.99 Å². The summed E-state index contributed by atoms with van der Waals surface area (Å²) in [6, 6.07) is 27.1. The van der Waals surface area contributed by atoms with Crippen LogP contribution in [0.2, 0.25) is 0 Å². The molecular formula is C30H21N5. The topological polar surface area (TPSA) is 56.0 Å². The molecule has 4 heterocycles. The fraction of sp³-hybridized carbons (Fsp3) is 0.0667. The Morgan fingerprint density at radius 3 is 2.43 bits per heavy atom. The van der Waals surface area contributed by atoms with Gasteiger partial charge in [-0.2, -0.15) is 0 Å². The fourth-order valence-corrected chi connectivity index (χ4v) is 5.22. The van der Waals surface area contributed by atoms with Crippen LogP contribution >= 0.6 is 0 Å². The number of hydrogen-bond acceptors (Lipinski definition) is 4. The quantitative estimate of drug-likeness (QED) is 0.317. The van der Waals surface area contributed by atoms with E-state index in [1.165, 1.54) is 11.3 Å². The number of nitrogens with zero attached hydrogens (tertiary/aromatic N) is 5. The zero-order valence-electron chi connectivity index (χ0n) is 18.9. The predicted molar refractivity (Wildman–Crippen MR) is 139 cm³/mol. The predicted octanol–water partition coefficient (Wildman–Crippen LogP) is 6.44. The maximum atomic E-state index is 5.25. The van der Waals surface area contributed by atoms with E-state index in [2.05, 4.69) is 80.2 Å². The normalized spacial score (nSPS) is 17.5. The molecule has 5 nitrogen and oxygen atoms in total. The average Bonchev–Trinajstić information content (AvgIpc) is 3.35. The van der Waals surface area contributed by atoms with E-state index in [0.29, 0.717) is 0 Å². The van der Waals surface area contributed by atoms with Gasteiger partial charge >= 0.3 is 0 Å². The van der Waals surface area contributed by atoms with E-state index in [0.717, 1.165) is 39.6 Å². The summed E-state index contributed by atoms with van der Waals surface area (Å²) in [7, 11) is 0. The van der Waals surface area contributed by atoms with Crippen LogP contribution in [0.3, 0.4) is 0 Å². The molecule has 0 radical (unpaired) electrons.